The lowest BCUT2D eigenvalue weighted by Gasteiger charge is -2.22. The lowest BCUT2D eigenvalue weighted by atomic mass is 9.97. The van der Waals surface area contributed by atoms with E-state index in [1.54, 1.807) is 7.11 Å². The highest BCUT2D eigenvalue weighted by molar-refractivity contribution is 5.30. The first kappa shape index (κ1) is 15.3. The summed E-state index contributed by atoms with van der Waals surface area (Å²) in [6, 6.07) is 8.24. The van der Waals surface area contributed by atoms with Crippen LogP contribution in [0.1, 0.15) is 44.3 Å². The SMILES string of the molecule is CO[C@@H](c1cccc(OCC2CCCC2)c1)[C@H](C)CN. The average Bonchev–Trinajstić information content (AvgIpc) is 2.99. The standard InChI is InChI=1S/C17H27NO2/c1-13(11-18)17(19-2)15-8-5-9-16(10-15)20-12-14-6-3-4-7-14/h5,8-10,13-14,17H,3-4,6-7,11-12,18H2,1-2H3/t13-,17-/m1/s1. The van der Waals surface area contributed by atoms with Crippen molar-refractivity contribution in [1.29, 1.82) is 0 Å². The van der Waals surface area contributed by atoms with Crippen molar-refractivity contribution < 1.29 is 9.47 Å². The summed E-state index contributed by atoms with van der Waals surface area (Å²) in [6.45, 7) is 3.57. The molecule has 3 heteroatoms. The minimum atomic E-state index is 0.0371. The van der Waals surface area contributed by atoms with Crippen LogP contribution in [0.5, 0.6) is 5.75 Å². The van der Waals surface area contributed by atoms with E-state index >= 15 is 0 Å². The zero-order valence-electron chi connectivity index (χ0n) is 12.7. The first-order valence-electron chi connectivity index (χ1n) is 7.70. The molecule has 2 N–H and O–H groups in total. The molecule has 2 atom stereocenters. The molecule has 2 rings (SSSR count). The molecule has 1 aliphatic carbocycles. The number of hydrogen-bond acceptors (Lipinski definition) is 3. The molecule has 0 radical (unpaired) electrons. The van der Waals surface area contributed by atoms with E-state index in [1.807, 2.05) is 12.1 Å². The molecule has 1 saturated carbocycles. The van der Waals surface area contributed by atoms with E-state index in [9.17, 15) is 0 Å². The normalized spacial score (nSPS) is 18.9. The van der Waals surface area contributed by atoms with E-state index in [1.165, 1.54) is 25.7 Å². The molecule has 0 bridgehead atoms. The monoisotopic (exact) mass is 277 g/mol. The maximum atomic E-state index is 5.95. The number of ether oxygens (including phenoxy) is 2. The van der Waals surface area contributed by atoms with Gasteiger partial charge in [0.2, 0.25) is 0 Å². The zero-order chi connectivity index (χ0) is 14.4. The number of benzene rings is 1. The minimum Gasteiger partial charge on any atom is -0.493 e. The molecule has 1 aliphatic rings. The second kappa shape index (κ2) is 7.65. The molecule has 3 nitrogen and oxygen atoms in total. The van der Waals surface area contributed by atoms with Gasteiger partial charge in [-0.05, 0) is 48.9 Å². The van der Waals surface area contributed by atoms with E-state index in [0.717, 1.165) is 23.8 Å². The Balaban J connectivity index is 1.98. The van der Waals surface area contributed by atoms with E-state index < -0.39 is 0 Å². The van der Waals surface area contributed by atoms with Crippen LogP contribution in [0.3, 0.4) is 0 Å². The van der Waals surface area contributed by atoms with Gasteiger partial charge in [0.05, 0.1) is 12.7 Å². The number of nitrogens with two attached hydrogens (primary N) is 1. The van der Waals surface area contributed by atoms with E-state index in [0.29, 0.717) is 12.5 Å². The van der Waals surface area contributed by atoms with Crippen molar-refractivity contribution in [3.8, 4) is 5.75 Å². The van der Waals surface area contributed by atoms with Crippen molar-refractivity contribution in [2.75, 3.05) is 20.3 Å². The number of methoxy groups -OCH3 is 1. The Kier molecular flexibility index (Phi) is 5.86. The fourth-order valence-electron chi connectivity index (χ4n) is 2.99. The molecular weight excluding hydrogens is 250 g/mol. The quantitative estimate of drug-likeness (QED) is 0.829. The molecule has 0 saturated heterocycles. The molecule has 0 aromatic heterocycles. The Morgan fingerprint density at radius 2 is 2.05 bits per heavy atom. The lowest BCUT2D eigenvalue weighted by Crippen LogP contribution is -2.20. The van der Waals surface area contributed by atoms with Gasteiger partial charge in [0, 0.05) is 7.11 Å². The molecule has 0 aliphatic heterocycles. The van der Waals surface area contributed by atoms with Crippen LogP contribution in [0.2, 0.25) is 0 Å². The molecule has 112 valence electrons. The smallest absolute Gasteiger partial charge is 0.119 e. The van der Waals surface area contributed by atoms with Crippen LogP contribution in [0.25, 0.3) is 0 Å². The topological polar surface area (TPSA) is 44.5 Å². The van der Waals surface area contributed by atoms with Gasteiger partial charge in [0.1, 0.15) is 5.75 Å². The van der Waals surface area contributed by atoms with Gasteiger partial charge in [0.15, 0.2) is 0 Å². The third kappa shape index (κ3) is 3.97. The third-order valence-corrected chi connectivity index (χ3v) is 4.29. The van der Waals surface area contributed by atoms with Crippen molar-refractivity contribution in [3.05, 3.63) is 29.8 Å². The van der Waals surface area contributed by atoms with Crippen molar-refractivity contribution in [2.45, 2.75) is 38.7 Å². The first-order chi connectivity index (χ1) is 9.74. The Hall–Kier alpha value is -1.06. The van der Waals surface area contributed by atoms with E-state index in [-0.39, 0.29) is 6.10 Å². The molecule has 0 spiro atoms. The Morgan fingerprint density at radius 3 is 2.70 bits per heavy atom. The summed E-state index contributed by atoms with van der Waals surface area (Å²) in [5, 5.41) is 0. The van der Waals surface area contributed by atoms with Gasteiger partial charge in [-0.3, -0.25) is 0 Å². The molecule has 0 heterocycles. The van der Waals surface area contributed by atoms with E-state index in [4.69, 9.17) is 15.2 Å². The predicted octanol–water partition coefficient (Wildman–Crippen LogP) is 3.54. The largest absolute Gasteiger partial charge is 0.493 e. The van der Waals surface area contributed by atoms with Gasteiger partial charge in [-0.15, -0.1) is 0 Å². The summed E-state index contributed by atoms with van der Waals surface area (Å²) < 4.78 is 11.5. The summed E-state index contributed by atoms with van der Waals surface area (Å²) in [5.74, 6) is 1.98. The van der Waals surface area contributed by atoms with Crippen LogP contribution in [-0.2, 0) is 4.74 Å². The van der Waals surface area contributed by atoms with Crippen LogP contribution in [0.4, 0.5) is 0 Å². The molecular formula is C17H27NO2. The minimum absolute atomic E-state index is 0.0371. The Labute approximate surface area is 122 Å². The van der Waals surface area contributed by atoms with Crippen molar-refractivity contribution in [1.82, 2.24) is 0 Å². The van der Waals surface area contributed by atoms with Crippen LogP contribution in [-0.4, -0.2) is 20.3 Å². The Morgan fingerprint density at radius 1 is 1.30 bits per heavy atom. The van der Waals surface area contributed by atoms with Gasteiger partial charge < -0.3 is 15.2 Å². The maximum Gasteiger partial charge on any atom is 0.119 e. The van der Waals surface area contributed by atoms with Crippen LogP contribution in [0.15, 0.2) is 24.3 Å². The molecule has 0 unspecified atom stereocenters. The molecule has 1 aromatic carbocycles. The number of hydrogen-bond donors (Lipinski definition) is 1. The average molecular weight is 277 g/mol. The van der Waals surface area contributed by atoms with Crippen LogP contribution >= 0.6 is 0 Å². The second-order valence-electron chi connectivity index (χ2n) is 5.90. The lowest BCUT2D eigenvalue weighted by molar-refractivity contribution is 0.0608. The maximum absolute atomic E-state index is 5.95. The highest BCUT2D eigenvalue weighted by Gasteiger charge is 2.19. The van der Waals surface area contributed by atoms with Gasteiger partial charge >= 0.3 is 0 Å². The van der Waals surface area contributed by atoms with Crippen LogP contribution in [0, 0.1) is 11.8 Å². The highest BCUT2D eigenvalue weighted by Crippen LogP contribution is 2.29. The van der Waals surface area contributed by atoms with Gasteiger partial charge in [-0.1, -0.05) is 31.9 Å². The molecule has 20 heavy (non-hydrogen) atoms. The van der Waals surface area contributed by atoms with Gasteiger partial charge in [0.25, 0.3) is 0 Å². The molecule has 0 amide bonds. The summed E-state index contributed by atoms with van der Waals surface area (Å²) in [4.78, 5) is 0. The summed E-state index contributed by atoms with van der Waals surface area (Å²) in [7, 11) is 1.74. The second-order valence-corrected chi connectivity index (χ2v) is 5.90. The fraction of sp³-hybridized carbons (Fsp3) is 0.647. The fourth-order valence-corrected chi connectivity index (χ4v) is 2.99. The first-order valence-corrected chi connectivity index (χ1v) is 7.70. The summed E-state index contributed by atoms with van der Waals surface area (Å²) in [6.07, 6.45) is 5.37. The zero-order valence-corrected chi connectivity index (χ0v) is 12.7. The van der Waals surface area contributed by atoms with Crippen molar-refractivity contribution in [2.24, 2.45) is 17.6 Å². The number of rotatable bonds is 7. The Bertz CT molecular complexity index is 402. The van der Waals surface area contributed by atoms with Gasteiger partial charge in [-0.2, -0.15) is 0 Å². The third-order valence-electron chi connectivity index (χ3n) is 4.29. The molecule has 1 aromatic rings. The van der Waals surface area contributed by atoms with Crippen LogP contribution < -0.4 is 10.5 Å². The van der Waals surface area contributed by atoms with Crippen molar-refractivity contribution >= 4 is 0 Å². The highest BCUT2D eigenvalue weighted by atomic mass is 16.5. The predicted molar refractivity (Wildman–Crippen MR) is 81.9 cm³/mol. The van der Waals surface area contributed by atoms with E-state index in [2.05, 4.69) is 19.1 Å². The molecule has 1 fully saturated rings. The summed E-state index contributed by atoms with van der Waals surface area (Å²) in [5.41, 5.74) is 6.90. The van der Waals surface area contributed by atoms with Crippen molar-refractivity contribution in [3.63, 3.8) is 0 Å². The van der Waals surface area contributed by atoms with Gasteiger partial charge in [-0.25, -0.2) is 0 Å². The summed E-state index contributed by atoms with van der Waals surface area (Å²) >= 11 is 0.